The summed E-state index contributed by atoms with van der Waals surface area (Å²) in [4.78, 5) is 39.3. The number of anilines is 1. The molecule has 0 spiro atoms. The van der Waals surface area contributed by atoms with Crippen molar-refractivity contribution in [3.63, 3.8) is 0 Å². The summed E-state index contributed by atoms with van der Waals surface area (Å²) in [6, 6.07) is 19.5. The van der Waals surface area contributed by atoms with Gasteiger partial charge in [-0.15, -0.1) is 0 Å². The fourth-order valence-electron chi connectivity index (χ4n) is 4.11. The number of nitrogens with zero attached hydrogens (tertiary/aromatic N) is 2. The Kier molecular flexibility index (Phi) is 5.62. The monoisotopic (exact) mass is 469 g/mol. The predicted molar refractivity (Wildman–Crippen MR) is 129 cm³/mol. The third-order valence-electron chi connectivity index (χ3n) is 5.85. The molecule has 2 heterocycles. The van der Waals surface area contributed by atoms with Gasteiger partial charge in [0.15, 0.2) is 0 Å². The van der Waals surface area contributed by atoms with E-state index in [9.17, 15) is 18.8 Å². The lowest BCUT2D eigenvalue weighted by Crippen LogP contribution is -2.54. The Morgan fingerprint density at radius 2 is 1.66 bits per heavy atom. The van der Waals surface area contributed by atoms with Gasteiger partial charge in [0.05, 0.1) is 19.3 Å². The summed E-state index contributed by atoms with van der Waals surface area (Å²) >= 11 is 0. The van der Waals surface area contributed by atoms with Crippen LogP contribution in [-0.2, 0) is 16.1 Å². The Morgan fingerprint density at radius 1 is 0.943 bits per heavy atom. The lowest BCUT2D eigenvalue weighted by atomic mass is 10.1. The van der Waals surface area contributed by atoms with Crippen molar-refractivity contribution in [2.24, 2.45) is 0 Å². The van der Waals surface area contributed by atoms with Gasteiger partial charge in [0.25, 0.3) is 11.8 Å². The van der Waals surface area contributed by atoms with Gasteiger partial charge in [0.1, 0.15) is 17.1 Å². The second-order valence-electron chi connectivity index (χ2n) is 7.98. The van der Waals surface area contributed by atoms with Gasteiger partial charge in [-0.1, -0.05) is 36.4 Å². The van der Waals surface area contributed by atoms with Crippen molar-refractivity contribution in [2.75, 3.05) is 12.0 Å². The number of benzene rings is 3. The van der Waals surface area contributed by atoms with E-state index in [-0.39, 0.29) is 17.9 Å². The van der Waals surface area contributed by atoms with E-state index in [1.165, 1.54) is 19.3 Å². The van der Waals surface area contributed by atoms with Crippen molar-refractivity contribution >= 4 is 40.5 Å². The quantitative estimate of drug-likeness (QED) is 0.345. The summed E-state index contributed by atoms with van der Waals surface area (Å²) in [6.07, 6.45) is 3.22. The topological polar surface area (TPSA) is 80.6 Å². The van der Waals surface area contributed by atoms with E-state index in [4.69, 9.17) is 4.74 Å². The number of para-hydroxylation sites is 1. The minimum atomic E-state index is -0.829. The van der Waals surface area contributed by atoms with E-state index in [1.54, 1.807) is 48.7 Å². The number of nitrogens with one attached hydrogen (secondary N) is 1. The molecule has 5 rings (SSSR count). The van der Waals surface area contributed by atoms with Gasteiger partial charge in [0, 0.05) is 28.2 Å². The summed E-state index contributed by atoms with van der Waals surface area (Å²) < 4.78 is 21.3. The number of hydrogen-bond acceptors (Lipinski definition) is 4. The third kappa shape index (κ3) is 4.06. The maximum Gasteiger partial charge on any atom is 0.335 e. The molecule has 1 fully saturated rings. The molecular formula is C27H20FN3O4. The minimum Gasteiger partial charge on any atom is -0.497 e. The summed E-state index contributed by atoms with van der Waals surface area (Å²) in [5.41, 5.74) is 2.03. The Labute approximate surface area is 200 Å². The third-order valence-corrected chi connectivity index (χ3v) is 5.85. The van der Waals surface area contributed by atoms with Crippen LogP contribution in [0, 0.1) is 5.82 Å². The molecule has 0 radical (unpaired) electrons. The van der Waals surface area contributed by atoms with Crippen LogP contribution < -0.4 is 15.0 Å². The molecule has 3 aromatic carbocycles. The molecule has 1 aliphatic heterocycles. The molecule has 35 heavy (non-hydrogen) atoms. The van der Waals surface area contributed by atoms with E-state index in [0.29, 0.717) is 22.6 Å². The molecule has 0 unspecified atom stereocenters. The van der Waals surface area contributed by atoms with E-state index >= 15 is 0 Å². The largest absolute Gasteiger partial charge is 0.497 e. The lowest BCUT2D eigenvalue weighted by molar-refractivity contribution is -0.122. The van der Waals surface area contributed by atoms with Crippen LogP contribution >= 0.6 is 0 Å². The van der Waals surface area contributed by atoms with Gasteiger partial charge >= 0.3 is 6.03 Å². The van der Waals surface area contributed by atoms with Crippen molar-refractivity contribution in [1.29, 1.82) is 0 Å². The summed E-state index contributed by atoms with van der Waals surface area (Å²) in [5.74, 6) is -1.28. The van der Waals surface area contributed by atoms with E-state index in [2.05, 4.69) is 5.32 Å². The maximum atomic E-state index is 14.3. The number of hydrogen-bond donors (Lipinski definition) is 1. The zero-order chi connectivity index (χ0) is 24.5. The molecule has 1 saturated heterocycles. The number of imide groups is 2. The summed E-state index contributed by atoms with van der Waals surface area (Å²) in [5, 5.41) is 3.01. The van der Waals surface area contributed by atoms with Crippen LogP contribution in [0.4, 0.5) is 14.9 Å². The van der Waals surface area contributed by atoms with Crippen LogP contribution in [0.3, 0.4) is 0 Å². The van der Waals surface area contributed by atoms with E-state index in [0.717, 1.165) is 15.8 Å². The highest BCUT2D eigenvalue weighted by atomic mass is 19.1. The second kappa shape index (κ2) is 8.90. The van der Waals surface area contributed by atoms with Gasteiger partial charge in [-0.25, -0.2) is 14.1 Å². The molecule has 0 aliphatic carbocycles. The number of barbiturate groups is 1. The Balaban J connectivity index is 1.56. The van der Waals surface area contributed by atoms with Crippen molar-refractivity contribution in [3.05, 3.63) is 102 Å². The van der Waals surface area contributed by atoms with Crippen molar-refractivity contribution < 1.29 is 23.5 Å². The number of methoxy groups -OCH3 is 1. The van der Waals surface area contributed by atoms with Crippen LogP contribution in [0.5, 0.6) is 5.75 Å². The average molecular weight is 469 g/mol. The molecule has 1 aliphatic rings. The number of carbonyl (C=O) groups is 3. The van der Waals surface area contributed by atoms with E-state index < -0.39 is 17.8 Å². The molecule has 4 aromatic rings. The van der Waals surface area contributed by atoms with Crippen LogP contribution in [0.2, 0.25) is 0 Å². The van der Waals surface area contributed by atoms with Crippen LogP contribution in [-0.4, -0.2) is 29.5 Å². The highest BCUT2D eigenvalue weighted by Crippen LogP contribution is 2.28. The summed E-state index contributed by atoms with van der Waals surface area (Å²) in [6.45, 7) is 0.271. The highest BCUT2D eigenvalue weighted by molar-refractivity contribution is 6.39. The average Bonchev–Trinajstić information content (AvgIpc) is 3.20. The molecular weight excluding hydrogens is 449 g/mol. The Hall–Kier alpha value is -4.72. The van der Waals surface area contributed by atoms with Crippen molar-refractivity contribution in [3.8, 4) is 5.75 Å². The number of urea groups is 1. The van der Waals surface area contributed by atoms with Gasteiger partial charge in [-0.05, 0) is 42.5 Å². The molecule has 0 saturated carbocycles. The van der Waals surface area contributed by atoms with Gasteiger partial charge < -0.3 is 9.30 Å². The number of ether oxygens (including phenoxy) is 1. The fourth-order valence-corrected chi connectivity index (χ4v) is 4.11. The number of aromatic nitrogens is 1. The zero-order valence-electron chi connectivity index (χ0n) is 18.7. The standard InChI is InChI=1S/C27H20FN3O4/c1-35-20-12-10-19(11-13-20)31-26(33)22(25(32)29-27(31)34)14-18-16-30(24-9-5-3-7-21(18)24)15-17-6-2-4-8-23(17)28/h2-14,16H,15H2,1H3,(H,29,32,34)/b22-14+. The molecule has 0 bridgehead atoms. The highest BCUT2D eigenvalue weighted by Gasteiger charge is 2.37. The van der Waals surface area contributed by atoms with Gasteiger partial charge in [0.2, 0.25) is 0 Å². The number of carbonyl (C=O) groups excluding carboxylic acids is 3. The SMILES string of the molecule is COc1ccc(N2C(=O)NC(=O)/C(=C\c3cn(Cc4ccccc4F)c4ccccc34)C2=O)cc1. The maximum absolute atomic E-state index is 14.3. The lowest BCUT2D eigenvalue weighted by Gasteiger charge is -2.26. The molecule has 8 heteroatoms. The van der Waals surface area contributed by atoms with Gasteiger partial charge in [-0.2, -0.15) is 0 Å². The van der Waals surface area contributed by atoms with Crippen LogP contribution in [0.1, 0.15) is 11.1 Å². The molecule has 174 valence electrons. The molecule has 0 atom stereocenters. The minimum absolute atomic E-state index is 0.186. The summed E-state index contributed by atoms with van der Waals surface area (Å²) in [7, 11) is 1.51. The van der Waals surface area contributed by atoms with Crippen LogP contribution in [0.15, 0.2) is 84.6 Å². The van der Waals surface area contributed by atoms with Crippen molar-refractivity contribution in [1.82, 2.24) is 9.88 Å². The van der Waals surface area contributed by atoms with Crippen molar-refractivity contribution in [2.45, 2.75) is 6.54 Å². The molecule has 4 amide bonds. The van der Waals surface area contributed by atoms with Gasteiger partial charge in [-0.3, -0.25) is 14.9 Å². The smallest absolute Gasteiger partial charge is 0.335 e. The molecule has 1 aromatic heterocycles. The first kappa shape index (κ1) is 22.1. The second-order valence-corrected chi connectivity index (χ2v) is 7.98. The number of amides is 4. The zero-order valence-corrected chi connectivity index (χ0v) is 18.7. The number of halogens is 1. The first-order chi connectivity index (χ1) is 17.0. The Bertz CT molecular complexity index is 1500. The fraction of sp³-hybridized carbons (Fsp3) is 0.0741. The number of fused-ring (bicyclic) bond motifs is 1. The number of rotatable bonds is 5. The normalized spacial score (nSPS) is 15.1. The first-order valence-electron chi connectivity index (χ1n) is 10.8. The molecule has 1 N–H and O–H groups in total. The first-order valence-corrected chi connectivity index (χ1v) is 10.8. The predicted octanol–water partition coefficient (Wildman–Crippen LogP) is 4.50. The van der Waals surface area contributed by atoms with Crippen LogP contribution in [0.25, 0.3) is 17.0 Å². The van der Waals surface area contributed by atoms with E-state index in [1.807, 2.05) is 28.8 Å². The molecule has 7 nitrogen and oxygen atoms in total. The Morgan fingerprint density at radius 3 is 2.40 bits per heavy atom.